The van der Waals surface area contributed by atoms with Crippen LogP contribution in [0.3, 0.4) is 0 Å². The Morgan fingerprint density at radius 2 is 1.89 bits per heavy atom. The van der Waals surface area contributed by atoms with Crippen LogP contribution in [0.2, 0.25) is 0 Å². The number of amides is 1. The van der Waals surface area contributed by atoms with E-state index in [1.807, 2.05) is 26.0 Å². The summed E-state index contributed by atoms with van der Waals surface area (Å²) in [6.07, 6.45) is 0.723. The minimum atomic E-state index is -3.86. The molecule has 0 heterocycles. The third-order valence-corrected chi connectivity index (χ3v) is 4.83. The molecule has 0 saturated heterocycles. The summed E-state index contributed by atoms with van der Waals surface area (Å²) in [5.41, 5.74) is 4.47. The van der Waals surface area contributed by atoms with Crippen molar-refractivity contribution in [3.63, 3.8) is 0 Å². The molecule has 2 aromatic carbocycles. The largest absolute Gasteiger partial charge is 0.473 e. The average Bonchev–Trinajstić information content (AvgIpc) is 2.63. The van der Waals surface area contributed by atoms with Crippen LogP contribution < -0.4 is 10.1 Å². The Balaban J connectivity index is 2.32. The normalized spacial score (nSPS) is 11.1. The van der Waals surface area contributed by atoms with Gasteiger partial charge in [-0.3, -0.25) is 13.8 Å². The first-order valence-electron chi connectivity index (χ1n) is 8.10. The fourth-order valence-electron chi connectivity index (χ4n) is 2.51. The zero-order valence-corrected chi connectivity index (χ0v) is 16.1. The first kappa shape index (κ1) is 20.6. The molecule has 0 saturated carbocycles. The molecule has 2 rings (SSSR count). The molecule has 8 heteroatoms. The molecule has 0 atom stereocenters. The summed E-state index contributed by atoms with van der Waals surface area (Å²) >= 11 is 0. The first-order chi connectivity index (χ1) is 12.7. The summed E-state index contributed by atoms with van der Waals surface area (Å²) < 4.78 is 32.7. The molecule has 0 radical (unpaired) electrons. The lowest BCUT2D eigenvalue weighted by Crippen LogP contribution is -2.16. The Labute approximate surface area is 158 Å². The minimum Gasteiger partial charge on any atom is -0.473 e. The number of aldehydes is 1. The lowest BCUT2D eigenvalue weighted by molar-refractivity contribution is -0.127. The van der Waals surface area contributed by atoms with E-state index in [1.54, 1.807) is 18.2 Å². The second kappa shape index (κ2) is 8.79. The number of benzene rings is 2. The Morgan fingerprint density at radius 1 is 1.15 bits per heavy atom. The van der Waals surface area contributed by atoms with Gasteiger partial charge in [0.1, 0.15) is 5.75 Å². The van der Waals surface area contributed by atoms with E-state index in [1.165, 1.54) is 0 Å². The van der Waals surface area contributed by atoms with Crippen LogP contribution in [0.4, 0.5) is 5.69 Å². The average molecular weight is 391 g/mol. The lowest BCUT2D eigenvalue weighted by Gasteiger charge is -2.14. The van der Waals surface area contributed by atoms with Gasteiger partial charge in [-0.05, 0) is 49.1 Å². The SMILES string of the molecule is COS(=O)(=O)COc1cc(Cc2ccc(C)cc2C)ccc1NC(=O)C=O. The molecule has 0 bridgehead atoms. The summed E-state index contributed by atoms with van der Waals surface area (Å²) in [5, 5.41) is 2.36. The van der Waals surface area contributed by atoms with Crippen LogP contribution in [-0.2, 0) is 30.3 Å². The van der Waals surface area contributed by atoms with Gasteiger partial charge in [-0.1, -0.05) is 29.8 Å². The Kier molecular flexibility index (Phi) is 6.70. The molecule has 1 amide bonds. The standard InChI is InChI=1S/C19H21NO6S/c1-13-4-6-16(14(2)8-13)9-15-5-7-17(20-19(22)11-21)18(10-15)26-12-27(23,24)25-3/h4-8,10-11H,9,12H2,1-3H3,(H,20,22). The topological polar surface area (TPSA) is 98.8 Å². The van der Waals surface area contributed by atoms with E-state index in [0.29, 0.717) is 6.42 Å². The zero-order chi connectivity index (χ0) is 20.0. The van der Waals surface area contributed by atoms with Gasteiger partial charge in [0.05, 0.1) is 12.8 Å². The van der Waals surface area contributed by atoms with Crippen LogP contribution in [0.5, 0.6) is 5.75 Å². The van der Waals surface area contributed by atoms with Crippen molar-refractivity contribution in [1.29, 1.82) is 0 Å². The fraction of sp³-hybridized carbons (Fsp3) is 0.263. The summed E-state index contributed by atoms with van der Waals surface area (Å²) in [5.74, 6) is -1.45. The van der Waals surface area contributed by atoms with E-state index in [-0.39, 0.29) is 17.7 Å². The zero-order valence-electron chi connectivity index (χ0n) is 15.3. The van der Waals surface area contributed by atoms with Crippen molar-refractivity contribution in [2.45, 2.75) is 20.3 Å². The van der Waals surface area contributed by atoms with Gasteiger partial charge in [0.25, 0.3) is 5.91 Å². The number of rotatable bonds is 8. The predicted molar refractivity (Wildman–Crippen MR) is 101 cm³/mol. The highest BCUT2D eigenvalue weighted by molar-refractivity contribution is 7.86. The molecule has 0 aromatic heterocycles. The van der Waals surface area contributed by atoms with Gasteiger partial charge in [0.15, 0.2) is 0 Å². The number of nitrogens with one attached hydrogen (secondary N) is 1. The predicted octanol–water partition coefficient (Wildman–Crippen LogP) is 2.34. The van der Waals surface area contributed by atoms with Crippen molar-refractivity contribution < 1.29 is 26.9 Å². The summed E-state index contributed by atoms with van der Waals surface area (Å²) in [6, 6.07) is 11.1. The molecule has 1 N–H and O–H groups in total. The van der Waals surface area contributed by atoms with E-state index in [0.717, 1.165) is 29.4 Å². The highest BCUT2D eigenvalue weighted by atomic mass is 32.2. The van der Waals surface area contributed by atoms with Crippen LogP contribution in [0.15, 0.2) is 36.4 Å². The maximum atomic E-state index is 11.5. The van der Waals surface area contributed by atoms with Gasteiger partial charge < -0.3 is 10.1 Å². The molecule has 0 unspecified atom stereocenters. The molecule has 0 aliphatic carbocycles. The number of aryl methyl sites for hydroxylation is 2. The number of hydrogen-bond donors (Lipinski definition) is 1. The van der Waals surface area contributed by atoms with Crippen molar-refractivity contribution in [2.24, 2.45) is 0 Å². The highest BCUT2D eigenvalue weighted by Gasteiger charge is 2.14. The molecule has 7 nitrogen and oxygen atoms in total. The minimum absolute atomic E-state index is 0.124. The quantitative estimate of drug-likeness (QED) is 0.421. The second-order valence-corrected chi connectivity index (χ2v) is 7.72. The number of anilines is 1. The first-order valence-corrected chi connectivity index (χ1v) is 9.68. The number of hydrogen-bond acceptors (Lipinski definition) is 6. The van der Waals surface area contributed by atoms with Crippen LogP contribution in [0.25, 0.3) is 0 Å². The fourth-order valence-corrected chi connectivity index (χ4v) is 2.88. The maximum Gasteiger partial charge on any atom is 0.302 e. The monoisotopic (exact) mass is 391 g/mol. The van der Waals surface area contributed by atoms with Gasteiger partial charge in [0.2, 0.25) is 12.2 Å². The lowest BCUT2D eigenvalue weighted by atomic mass is 9.98. The molecule has 0 fully saturated rings. The third-order valence-electron chi connectivity index (χ3n) is 3.92. The molecule has 0 aliphatic rings. The van der Waals surface area contributed by atoms with Gasteiger partial charge in [-0.15, -0.1) is 0 Å². The highest BCUT2D eigenvalue weighted by Crippen LogP contribution is 2.28. The molecule has 0 spiro atoms. The van der Waals surface area contributed by atoms with Crippen LogP contribution in [0, 0.1) is 13.8 Å². The van der Waals surface area contributed by atoms with Gasteiger partial charge >= 0.3 is 10.1 Å². The van der Waals surface area contributed by atoms with Gasteiger partial charge in [-0.2, -0.15) is 8.42 Å². The van der Waals surface area contributed by atoms with E-state index in [9.17, 15) is 18.0 Å². The smallest absolute Gasteiger partial charge is 0.302 e. The van der Waals surface area contributed by atoms with Crippen molar-refractivity contribution in [3.8, 4) is 5.75 Å². The van der Waals surface area contributed by atoms with E-state index in [2.05, 4.69) is 15.6 Å². The molecular weight excluding hydrogens is 370 g/mol. The third kappa shape index (κ3) is 5.90. The van der Waals surface area contributed by atoms with E-state index < -0.39 is 22.0 Å². The molecule has 144 valence electrons. The van der Waals surface area contributed by atoms with Crippen molar-refractivity contribution >= 4 is 28.0 Å². The Morgan fingerprint density at radius 3 is 2.52 bits per heavy atom. The number of ether oxygens (including phenoxy) is 1. The molecule has 27 heavy (non-hydrogen) atoms. The molecule has 0 aliphatic heterocycles. The van der Waals surface area contributed by atoms with Gasteiger partial charge in [0, 0.05) is 0 Å². The summed E-state index contributed by atoms with van der Waals surface area (Å²) in [7, 11) is -2.82. The van der Waals surface area contributed by atoms with E-state index >= 15 is 0 Å². The maximum absolute atomic E-state index is 11.5. The number of carbonyl (C=O) groups excluding carboxylic acids is 2. The van der Waals surface area contributed by atoms with Crippen molar-refractivity contribution in [1.82, 2.24) is 0 Å². The second-order valence-electron chi connectivity index (χ2n) is 6.03. The number of carbonyl (C=O) groups is 2. The summed E-state index contributed by atoms with van der Waals surface area (Å²) in [4.78, 5) is 22.0. The Bertz CT molecular complexity index is 953. The molecule has 2 aromatic rings. The Hall–Kier alpha value is -2.71. The van der Waals surface area contributed by atoms with Crippen LogP contribution in [0.1, 0.15) is 22.3 Å². The summed E-state index contributed by atoms with van der Waals surface area (Å²) in [6.45, 7) is 4.03. The van der Waals surface area contributed by atoms with Crippen LogP contribution in [-0.4, -0.2) is 33.7 Å². The van der Waals surface area contributed by atoms with Crippen molar-refractivity contribution in [2.75, 3.05) is 18.4 Å². The van der Waals surface area contributed by atoms with Crippen molar-refractivity contribution in [3.05, 3.63) is 58.7 Å². The van der Waals surface area contributed by atoms with E-state index in [4.69, 9.17) is 4.74 Å². The van der Waals surface area contributed by atoms with Gasteiger partial charge in [-0.25, -0.2) is 0 Å². The van der Waals surface area contributed by atoms with Crippen LogP contribution >= 0.6 is 0 Å². The molecular formula is C19H21NO6S.